The number of amides is 1. The molecule has 1 aromatic heterocycles. The number of hydrogen-bond acceptors (Lipinski definition) is 11. The molecule has 17 heteroatoms. The van der Waals surface area contributed by atoms with Gasteiger partial charge in [-0.2, -0.15) is 0 Å². The van der Waals surface area contributed by atoms with Crippen molar-refractivity contribution < 1.29 is 36.4 Å². The van der Waals surface area contributed by atoms with Crippen LogP contribution in [0.25, 0.3) is 11.1 Å². The smallest absolute Gasteiger partial charge is 0.408 e. The van der Waals surface area contributed by atoms with Crippen LogP contribution in [0.4, 0.5) is 0 Å². The Kier molecular flexibility index (Phi) is 15.9. The van der Waals surface area contributed by atoms with Gasteiger partial charge in [-0.1, -0.05) is 23.2 Å². The summed E-state index contributed by atoms with van der Waals surface area (Å²) in [6.45, 7) is 10.8. The Balaban J connectivity index is 0.000000396. The van der Waals surface area contributed by atoms with Gasteiger partial charge in [-0.05, 0) is 69.9 Å². The van der Waals surface area contributed by atoms with E-state index in [1.807, 2.05) is 27.7 Å². The van der Waals surface area contributed by atoms with E-state index >= 15 is 0 Å². The molecule has 0 fully saturated rings. The molecule has 0 saturated heterocycles. The van der Waals surface area contributed by atoms with Gasteiger partial charge in [0, 0.05) is 38.4 Å². The van der Waals surface area contributed by atoms with Crippen LogP contribution in [0.3, 0.4) is 0 Å². The Morgan fingerprint density at radius 3 is 2.18 bits per heavy atom. The summed E-state index contributed by atoms with van der Waals surface area (Å²) in [6, 6.07) is 5.07. The average Bonchev–Trinajstić information content (AvgIpc) is 3.21. The van der Waals surface area contributed by atoms with Crippen molar-refractivity contribution in [1.82, 2.24) is 9.47 Å². The topological polar surface area (TPSA) is 119 Å². The van der Waals surface area contributed by atoms with Crippen LogP contribution in [0.15, 0.2) is 38.2 Å². The van der Waals surface area contributed by atoms with Crippen molar-refractivity contribution in [3.05, 3.63) is 44.6 Å². The molecule has 0 aliphatic rings. The summed E-state index contributed by atoms with van der Waals surface area (Å²) in [4.78, 5) is 25.3. The Labute approximate surface area is 247 Å². The summed E-state index contributed by atoms with van der Waals surface area (Å²) in [6.07, 6.45) is 0. The third-order valence-corrected chi connectivity index (χ3v) is 12.2. The predicted molar refractivity (Wildman–Crippen MR) is 160 cm³/mol. The number of phosphoric ester groups is 1. The maximum Gasteiger partial charge on any atom is 0.529 e. The Bertz CT molecular complexity index is 1260. The van der Waals surface area contributed by atoms with E-state index in [0.29, 0.717) is 48.3 Å². The monoisotopic (exact) mass is 666 g/mol. The minimum atomic E-state index is -3.69. The largest absolute Gasteiger partial charge is 0.529 e. The molecule has 1 amide bonds. The van der Waals surface area contributed by atoms with Crippen LogP contribution >= 0.6 is 48.1 Å². The number of likely N-dealkylation sites (N-methyl/N-ethyl adjacent to an activating group) is 1. The number of carbonyl (C=O) groups is 1. The molecule has 0 aliphatic heterocycles. The molecule has 39 heavy (non-hydrogen) atoms. The lowest BCUT2D eigenvalue weighted by atomic mass is 10.3. The fraction of sp³-hybridized carbons (Fsp3) is 0.545. The van der Waals surface area contributed by atoms with Crippen LogP contribution in [0.2, 0.25) is 5.02 Å². The first kappa shape index (κ1) is 36.2. The Hall–Kier alpha value is -0.850. The molecule has 222 valence electrons. The zero-order chi connectivity index (χ0) is 29.8. The highest BCUT2D eigenvalue weighted by Crippen LogP contribution is 2.61. The summed E-state index contributed by atoms with van der Waals surface area (Å²) >= 11 is 18.5. The first-order valence-corrected chi connectivity index (χ1v) is 18.2. The van der Waals surface area contributed by atoms with Crippen LogP contribution in [0.1, 0.15) is 34.6 Å². The predicted octanol–water partition coefficient (Wildman–Crippen LogP) is 6.98. The highest BCUT2D eigenvalue weighted by Gasteiger charge is 2.27. The lowest BCUT2D eigenvalue weighted by Crippen LogP contribution is -2.31. The molecule has 0 spiro atoms. The van der Waals surface area contributed by atoms with Gasteiger partial charge >= 0.3 is 13.6 Å². The van der Waals surface area contributed by atoms with E-state index in [1.54, 1.807) is 18.2 Å². The number of carbonyl (C=O) groups excluding carboxylic acids is 1. The zero-order valence-corrected chi connectivity index (χ0v) is 27.7. The third-order valence-electron chi connectivity index (χ3n) is 4.79. The number of benzene rings is 1. The fourth-order valence-corrected chi connectivity index (χ4v) is 8.24. The molecule has 0 saturated carbocycles. The maximum atomic E-state index is 11.9. The molecule has 0 aliphatic carbocycles. The standard InChI is InChI=1S/C12H15ClNO4PS2.C10H19ClNO5P/c1-3-16-19(20,17-4-2)21-8-14-10-6-5-9(13)7-11(10)18-12(14)15;1-6-12(7-2)10(13)9(11)8(3)17-18(14,15-4)16-5/h5-7H,3-4,8H2,1-2H3;6-7H2,1-5H3/b;9-8-. The lowest BCUT2D eigenvalue weighted by Gasteiger charge is -2.20. The second kappa shape index (κ2) is 17.2. The van der Waals surface area contributed by atoms with Crippen LogP contribution in [0, 0.1) is 0 Å². The van der Waals surface area contributed by atoms with Crippen molar-refractivity contribution in [3.63, 3.8) is 0 Å². The van der Waals surface area contributed by atoms with E-state index in [4.69, 9.17) is 53.0 Å². The van der Waals surface area contributed by atoms with E-state index < -0.39 is 25.2 Å². The minimum Gasteiger partial charge on any atom is -0.408 e. The van der Waals surface area contributed by atoms with Crippen molar-refractivity contribution in [2.24, 2.45) is 0 Å². The van der Waals surface area contributed by atoms with Gasteiger partial charge in [-0.25, -0.2) is 9.36 Å². The molecule has 0 radical (unpaired) electrons. The molecule has 11 nitrogen and oxygen atoms in total. The molecule has 2 rings (SSSR count). The van der Waals surface area contributed by atoms with Crippen LogP contribution < -0.4 is 5.76 Å². The van der Waals surface area contributed by atoms with Gasteiger partial charge < -0.3 is 22.9 Å². The van der Waals surface area contributed by atoms with E-state index in [2.05, 4.69) is 9.05 Å². The van der Waals surface area contributed by atoms with Crippen molar-refractivity contribution in [2.75, 3.05) is 40.5 Å². The number of rotatable bonds is 14. The first-order chi connectivity index (χ1) is 18.3. The number of allylic oxidation sites excluding steroid dienone is 1. The van der Waals surface area contributed by atoms with Gasteiger partial charge in [0.1, 0.15) is 10.8 Å². The normalized spacial score (nSPS) is 12.5. The fourth-order valence-electron chi connectivity index (χ4n) is 2.88. The van der Waals surface area contributed by atoms with Crippen LogP contribution in [-0.4, -0.2) is 55.9 Å². The molecule has 0 unspecified atom stereocenters. The van der Waals surface area contributed by atoms with E-state index in [-0.39, 0.29) is 10.8 Å². The summed E-state index contributed by atoms with van der Waals surface area (Å²) in [5.41, 5.74) is -1.32. The number of fused-ring (bicyclic) bond motifs is 1. The molecule has 1 heterocycles. The van der Waals surface area contributed by atoms with E-state index in [1.165, 1.54) is 42.0 Å². The molecule has 2 aromatic rings. The Morgan fingerprint density at radius 2 is 1.69 bits per heavy atom. The molecule has 1 aromatic carbocycles. The molecule has 0 N–H and O–H groups in total. The highest BCUT2D eigenvalue weighted by atomic mass is 35.5. The second-order valence-electron chi connectivity index (χ2n) is 7.20. The number of phosphoric acid groups is 1. The van der Waals surface area contributed by atoms with Crippen LogP contribution in [0.5, 0.6) is 0 Å². The highest BCUT2D eigenvalue weighted by molar-refractivity contribution is 8.67. The minimum absolute atomic E-state index is 0.000556. The van der Waals surface area contributed by atoms with Gasteiger partial charge in [-0.3, -0.25) is 18.4 Å². The SMILES string of the molecule is CCN(CC)C(=O)/C(Cl)=C(\C)OP(=O)(OC)OC.CCOP(=S)(OCC)SCn1c(=O)oc2cc(Cl)ccc21. The van der Waals surface area contributed by atoms with Crippen LogP contribution in [-0.2, 0) is 49.7 Å². The molecular formula is C22H34Cl2N2O9P2S2. The number of oxazole rings is 1. The average molecular weight is 668 g/mol. The number of aromatic nitrogens is 1. The summed E-state index contributed by atoms with van der Waals surface area (Å²) in [7, 11) is -1.33. The third kappa shape index (κ3) is 10.8. The lowest BCUT2D eigenvalue weighted by molar-refractivity contribution is -0.126. The quantitative estimate of drug-likeness (QED) is 0.118. The maximum absolute atomic E-state index is 11.9. The molecular weight excluding hydrogens is 633 g/mol. The van der Waals surface area contributed by atoms with Gasteiger partial charge in [0.15, 0.2) is 5.58 Å². The summed E-state index contributed by atoms with van der Waals surface area (Å²) in [5.74, 6) is -0.530. The second-order valence-corrected chi connectivity index (χ2v) is 16.1. The first-order valence-electron chi connectivity index (χ1n) is 11.7. The summed E-state index contributed by atoms with van der Waals surface area (Å²) < 4.78 is 43.6. The van der Waals surface area contributed by atoms with E-state index in [9.17, 15) is 14.2 Å². The van der Waals surface area contributed by atoms with Gasteiger partial charge in [-0.15, -0.1) is 0 Å². The Morgan fingerprint density at radius 1 is 1.13 bits per heavy atom. The zero-order valence-electron chi connectivity index (χ0n) is 22.8. The number of nitrogens with zero attached hydrogens (tertiary/aromatic N) is 2. The van der Waals surface area contributed by atoms with Crippen molar-refractivity contribution in [1.29, 1.82) is 0 Å². The van der Waals surface area contributed by atoms with Gasteiger partial charge in [0.05, 0.1) is 24.6 Å². The van der Waals surface area contributed by atoms with Crippen molar-refractivity contribution in [3.8, 4) is 0 Å². The van der Waals surface area contributed by atoms with Crippen molar-refractivity contribution in [2.45, 2.75) is 40.5 Å². The van der Waals surface area contributed by atoms with Gasteiger partial charge in [0.2, 0.25) is 5.69 Å². The number of halogens is 2. The summed E-state index contributed by atoms with van der Waals surface area (Å²) in [5, 5.41) is 0.373. The molecule has 0 atom stereocenters. The van der Waals surface area contributed by atoms with Gasteiger partial charge in [0.25, 0.3) is 5.91 Å². The van der Waals surface area contributed by atoms with E-state index in [0.717, 1.165) is 0 Å². The van der Waals surface area contributed by atoms with Crippen molar-refractivity contribution >= 4 is 76.9 Å². The number of hydrogen-bond donors (Lipinski definition) is 0. The molecule has 0 bridgehead atoms.